The summed E-state index contributed by atoms with van der Waals surface area (Å²) in [6, 6.07) is 21.1. The highest BCUT2D eigenvalue weighted by molar-refractivity contribution is 8.00. The molecular weight excluding hydrogens is 590 g/mol. The first-order valence-electron chi connectivity index (χ1n) is 13.7. The van der Waals surface area contributed by atoms with Gasteiger partial charge in [0.1, 0.15) is 11.5 Å². The van der Waals surface area contributed by atoms with Gasteiger partial charge in [-0.1, -0.05) is 115 Å². The number of hydrogen-bond donors (Lipinski definition) is 1. The topological polar surface area (TPSA) is 92.6 Å². The number of rotatable bonds is 11. The number of hydrogen-bond acceptors (Lipinski definition) is 8. The van der Waals surface area contributed by atoms with E-state index >= 15 is 0 Å². The molecule has 0 bridgehead atoms. The van der Waals surface area contributed by atoms with Gasteiger partial charge in [0, 0.05) is 16.3 Å². The van der Waals surface area contributed by atoms with Crippen LogP contribution in [0.15, 0.2) is 82.7 Å². The number of Topliss-reactive ketones (excluding diaryl/α,β-unsaturated/α-hetero) is 1. The van der Waals surface area contributed by atoms with Gasteiger partial charge >= 0.3 is 5.91 Å². The smallest absolute Gasteiger partial charge is 0.301 e. The largest absolute Gasteiger partial charge is 0.507 e. The lowest BCUT2D eigenvalue weighted by Crippen LogP contribution is -2.29. The van der Waals surface area contributed by atoms with Crippen LogP contribution in [-0.4, -0.2) is 33.6 Å². The number of aliphatic hydroxyl groups is 1. The Morgan fingerprint density at radius 2 is 1.76 bits per heavy atom. The normalized spacial score (nSPS) is 16.3. The van der Waals surface area contributed by atoms with Gasteiger partial charge in [-0.3, -0.25) is 14.5 Å². The number of aliphatic hydroxyl groups excluding tert-OH is 1. The summed E-state index contributed by atoms with van der Waals surface area (Å²) in [6.45, 7) is 4.68. The number of thioether (sulfide) groups is 1. The number of halogens is 1. The van der Waals surface area contributed by atoms with Crippen LogP contribution in [0.2, 0.25) is 5.02 Å². The van der Waals surface area contributed by atoms with E-state index in [1.54, 1.807) is 12.1 Å². The Morgan fingerprint density at radius 3 is 2.48 bits per heavy atom. The zero-order chi connectivity index (χ0) is 29.6. The molecule has 1 amide bonds. The quantitative estimate of drug-likeness (QED) is 0.0454. The third-order valence-corrected chi connectivity index (χ3v) is 9.37. The van der Waals surface area contributed by atoms with Crippen molar-refractivity contribution in [3.8, 4) is 5.75 Å². The molecule has 0 aliphatic carbocycles. The molecule has 1 aromatic heterocycles. The molecule has 1 atom stereocenters. The molecule has 1 aliphatic rings. The van der Waals surface area contributed by atoms with Crippen molar-refractivity contribution in [2.45, 2.75) is 49.2 Å². The third-order valence-electron chi connectivity index (χ3n) is 6.89. The van der Waals surface area contributed by atoms with Gasteiger partial charge in [0.15, 0.2) is 4.34 Å². The molecule has 3 aromatic carbocycles. The van der Waals surface area contributed by atoms with Gasteiger partial charge in [-0.2, -0.15) is 0 Å². The van der Waals surface area contributed by atoms with E-state index < -0.39 is 17.7 Å². The summed E-state index contributed by atoms with van der Waals surface area (Å²) in [4.78, 5) is 28.3. The van der Waals surface area contributed by atoms with Crippen LogP contribution in [-0.2, 0) is 15.3 Å². The predicted molar refractivity (Wildman–Crippen MR) is 168 cm³/mol. The first-order valence-corrected chi connectivity index (χ1v) is 15.9. The molecule has 7 nitrogen and oxygen atoms in total. The summed E-state index contributed by atoms with van der Waals surface area (Å²) in [6.07, 6.45) is 3.16. The minimum absolute atomic E-state index is 0.000868. The van der Waals surface area contributed by atoms with E-state index in [1.165, 1.54) is 28.0 Å². The average Bonchev–Trinajstić information content (AvgIpc) is 3.57. The van der Waals surface area contributed by atoms with Gasteiger partial charge in [-0.15, -0.1) is 10.2 Å². The van der Waals surface area contributed by atoms with Gasteiger partial charge in [0.05, 0.1) is 18.2 Å². The number of anilines is 1. The molecule has 1 unspecified atom stereocenters. The van der Waals surface area contributed by atoms with Crippen LogP contribution < -0.4 is 9.64 Å². The molecular formula is C32H30ClN3O4S2. The number of carbonyl (C=O) groups excluding carboxylic acids is 2. The Labute approximate surface area is 258 Å². The number of aryl methyl sites for hydroxylation is 1. The maximum absolute atomic E-state index is 13.5. The number of ketones is 1. The van der Waals surface area contributed by atoms with Gasteiger partial charge in [-0.05, 0) is 42.7 Å². The lowest BCUT2D eigenvalue weighted by Gasteiger charge is -2.22. The van der Waals surface area contributed by atoms with Crippen LogP contribution in [0.1, 0.15) is 54.5 Å². The molecule has 5 rings (SSSR count). The summed E-state index contributed by atoms with van der Waals surface area (Å²) in [7, 11) is 0. The number of benzene rings is 3. The van der Waals surface area contributed by atoms with E-state index in [0.717, 1.165) is 30.4 Å². The maximum atomic E-state index is 13.5. The van der Waals surface area contributed by atoms with Crippen LogP contribution in [0.4, 0.5) is 5.13 Å². The second-order valence-electron chi connectivity index (χ2n) is 9.89. The Hall–Kier alpha value is -3.66. The predicted octanol–water partition coefficient (Wildman–Crippen LogP) is 7.99. The van der Waals surface area contributed by atoms with Crippen molar-refractivity contribution in [2.75, 3.05) is 11.5 Å². The maximum Gasteiger partial charge on any atom is 0.301 e. The first kappa shape index (κ1) is 29.8. The van der Waals surface area contributed by atoms with E-state index in [9.17, 15) is 14.7 Å². The Balaban J connectivity index is 1.49. The van der Waals surface area contributed by atoms with Crippen LogP contribution in [0.3, 0.4) is 0 Å². The second kappa shape index (κ2) is 13.5. The molecule has 10 heteroatoms. The highest BCUT2D eigenvalue weighted by Gasteiger charge is 2.48. The standard InChI is InChI=1S/C32H30ClN3O4S2/c1-3-4-7-18-40-24-16-14-21(15-17-24)27-26(28(37)22-12-10-20(2)11-13-22)29(38)30(39)36(27)31-34-35-32(42-31)41-19-23-8-5-6-9-25(23)33/h5-6,8-17,27,37H,3-4,7,18-19H2,1-2H3/b28-26-. The van der Waals surface area contributed by atoms with E-state index in [1.807, 2.05) is 67.6 Å². The van der Waals surface area contributed by atoms with Crippen LogP contribution in [0, 0.1) is 6.92 Å². The number of carbonyl (C=O) groups is 2. The van der Waals surface area contributed by atoms with Gasteiger partial charge in [0.25, 0.3) is 5.78 Å². The molecule has 4 aromatic rings. The lowest BCUT2D eigenvalue weighted by atomic mass is 9.95. The van der Waals surface area contributed by atoms with Gasteiger partial charge < -0.3 is 9.84 Å². The molecule has 1 N–H and O–H groups in total. The minimum Gasteiger partial charge on any atom is -0.507 e. The Bertz CT molecular complexity index is 1600. The molecule has 1 aliphatic heterocycles. The van der Waals surface area contributed by atoms with Crippen molar-refractivity contribution in [2.24, 2.45) is 0 Å². The molecule has 0 spiro atoms. The van der Waals surface area contributed by atoms with E-state index in [0.29, 0.717) is 38.6 Å². The van der Waals surface area contributed by atoms with Crippen molar-refractivity contribution in [3.05, 3.63) is 106 Å². The van der Waals surface area contributed by atoms with Crippen molar-refractivity contribution in [1.29, 1.82) is 0 Å². The van der Waals surface area contributed by atoms with Crippen molar-refractivity contribution < 1.29 is 19.4 Å². The molecule has 216 valence electrons. The third kappa shape index (κ3) is 6.53. The molecule has 0 saturated carbocycles. The number of ether oxygens (including phenoxy) is 1. The fourth-order valence-corrected chi connectivity index (χ4v) is 6.77. The monoisotopic (exact) mass is 619 g/mol. The summed E-state index contributed by atoms with van der Waals surface area (Å²) >= 11 is 8.96. The van der Waals surface area contributed by atoms with Crippen LogP contribution >= 0.6 is 34.7 Å². The van der Waals surface area contributed by atoms with Gasteiger partial charge in [-0.25, -0.2) is 0 Å². The zero-order valence-electron chi connectivity index (χ0n) is 23.2. The summed E-state index contributed by atoms with van der Waals surface area (Å²) in [5.41, 5.74) is 3.06. The highest BCUT2D eigenvalue weighted by atomic mass is 35.5. The molecule has 0 radical (unpaired) electrons. The SMILES string of the molecule is CCCCCOc1ccc(C2/C(=C(/O)c3ccc(C)cc3)C(=O)C(=O)N2c2nnc(SCc3ccccc3Cl)s2)cc1. The van der Waals surface area contributed by atoms with Crippen molar-refractivity contribution >= 4 is 57.3 Å². The summed E-state index contributed by atoms with van der Waals surface area (Å²) < 4.78 is 6.49. The number of nitrogens with zero attached hydrogens (tertiary/aromatic N) is 3. The molecule has 2 heterocycles. The minimum atomic E-state index is -0.894. The van der Waals surface area contributed by atoms with E-state index in [-0.39, 0.29) is 16.5 Å². The molecule has 42 heavy (non-hydrogen) atoms. The fourth-order valence-electron chi connectivity index (χ4n) is 4.61. The fraction of sp³-hybridized carbons (Fsp3) is 0.250. The Kier molecular flexibility index (Phi) is 9.62. The number of aromatic nitrogens is 2. The summed E-state index contributed by atoms with van der Waals surface area (Å²) in [5.74, 6) is -0.521. The van der Waals surface area contributed by atoms with E-state index in [4.69, 9.17) is 16.3 Å². The average molecular weight is 620 g/mol. The Morgan fingerprint density at radius 1 is 1.02 bits per heavy atom. The van der Waals surface area contributed by atoms with Crippen LogP contribution in [0.25, 0.3) is 5.76 Å². The highest BCUT2D eigenvalue weighted by Crippen LogP contribution is 2.44. The first-order chi connectivity index (χ1) is 20.4. The lowest BCUT2D eigenvalue weighted by molar-refractivity contribution is -0.132. The number of unbranched alkanes of at least 4 members (excludes halogenated alkanes) is 2. The van der Waals surface area contributed by atoms with Gasteiger partial charge in [0.2, 0.25) is 5.13 Å². The van der Waals surface area contributed by atoms with E-state index in [2.05, 4.69) is 17.1 Å². The summed E-state index contributed by atoms with van der Waals surface area (Å²) in [5, 5.41) is 20.9. The molecule has 1 fully saturated rings. The second-order valence-corrected chi connectivity index (χ2v) is 12.5. The zero-order valence-corrected chi connectivity index (χ0v) is 25.6. The van der Waals surface area contributed by atoms with Crippen molar-refractivity contribution in [1.82, 2.24) is 10.2 Å². The van der Waals surface area contributed by atoms with Crippen molar-refractivity contribution in [3.63, 3.8) is 0 Å². The number of amides is 1. The molecule has 1 saturated heterocycles. The van der Waals surface area contributed by atoms with Crippen LogP contribution in [0.5, 0.6) is 5.75 Å².